The summed E-state index contributed by atoms with van der Waals surface area (Å²) in [5.74, 6) is -0.355. The second kappa shape index (κ2) is 7.70. The molecule has 2 amide bonds. The molecule has 138 valence electrons. The van der Waals surface area contributed by atoms with Crippen LogP contribution in [0, 0.1) is 12.7 Å². The molecule has 0 spiro atoms. The smallest absolute Gasteiger partial charge is 0.289 e. The highest BCUT2D eigenvalue weighted by molar-refractivity contribution is 5.94. The lowest BCUT2D eigenvalue weighted by Crippen LogP contribution is -2.54. The third-order valence-corrected chi connectivity index (χ3v) is 4.70. The van der Waals surface area contributed by atoms with Gasteiger partial charge in [-0.2, -0.15) is 0 Å². The Morgan fingerprint density at radius 2 is 1.92 bits per heavy atom. The van der Waals surface area contributed by atoms with E-state index in [1.165, 1.54) is 12.3 Å². The first-order valence-electron chi connectivity index (χ1n) is 8.59. The molecule has 1 saturated heterocycles. The maximum atomic E-state index is 13.6. The Bertz CT molecular complexity index is 783. The van der Waals surface area contributed by atoms with Crippen LogP contribution in [-0.2, 0) is 4.79 Å². The van der Waals surface area contributed by atoms with E-state index in [0.29, 0.717) is 43.2 Å². The Balaban J connectivity index is 1.54. The van der Waals surface area contributed by atoms with E-state index in [2.05, 4.69) is 5.32 Å². The van der Waals surface area contributed by atoms with Crippen LogP contribution >= 0.6 is 0 Å². The molecule has 1 unspecified atom stereocenters. The molecular weight excluding hydrogens is 337 g/mol. The predicted octanol–water partition coefficient (Wildman–Crippen LogP) is 2.51. The minimum atomic E-state index is -0.375. The summed E-state index contributed by atoms with van der Waals surface area (Å²) in [5, 5.41) is 2.75. The lowest BCUT2D eigenvalue weighted by Gasteiger charge is -2.37. The zero-order chi connectivity index (χ0) is 18.7. The summed E-state index contributed by atoms with van der Waals surface area (Å²) in [7, 11) is 0. The van der Waals surface area contributed by atoms with Crippen LogP contribution in [0.3, 0.4) is 0 Å². The number of hydrogen-bond acceptors (Lipinski definition) is 4. The van der Waals surface area contributed by atoms with Crippen LogP contribution < -0.4 is 5.32 Å². The Kier molecular flexibility index (Phi) is 5.37. The van der Waals surface area contributed by atoms with Crippen molar-refractivity contribution in [3.05, 3.63) is 53.7 Å². The van der Waals surface area contributed by atoms with E-state index < -0.39 is 0 Å². The normalized spacial score (nSPS) is 16.3. The van der Waals surface area contributed by atoms with E-state index in [9.17, 15) is 14.0 Å². The highest BCUT2D eigenvalue weighted by atomic mass is 19.1. The average Bonchev–Trinajstić information content (AvgIpc) is 3.18. The van der Waals surface area contributed by atoms with Crippen molar-refractivity contribution in [2.75, 3.05) is 31.5 Å². The van der Waals surface area contributed by atoms with E-state index in [1.54, 1.807) is 36.1 Å². The molecule has 1 N–H and O–H groups in total. The number of carbonyl (C=O) groups is 2. The van der Waals surface area contributed by atoms with Gasteiger partial charge in [-0.1, -0.05) is 6.07 Å². The lowest BCUT2D eigenvalue weighted by molar-refractivity contribution is -0.121. The Morgan fingerprint density at radius 3 is 2.54 bits per heavy atom. The first-order valence-corrected chi connectivity index (χ1v) is 8.59. The number of anilines is 1. The van der Waals surface area contributed by atoms with Crippen molar-refractivity contribution in [1.82, 2.24) is 9.80 Å². The van der Waals surface area contributed by atoms with Gasteiger partial charge in [-0.3, -0.25) is 14.5 Å². The van der Waals surface area contributed by atoms with E-state index in [4.69, 9.17) is 4.42 Å². The number of piperazine rings is 1. The summed E-state index contributed by atoms with van der Waals surface area (Å²) < 4.78 is 18.8. The summed E-state index contributed by atoms with van der Waals surface area (Å²) >= 11 is 0. The van der Waals surface area contributed by atoms with Crippen LogP contribution in [0.25, 0.3) is 0 Å². The second-order valence-corrected chi connectivity index (χ2v) is 6.43. The van der Waals surface area contributed by atoms with Crippen LogP contribution in [0.1, 0.15) is 23.0 Å². The van der Waals surface area contributed by atoms with Crippen molar-refractivity contribution in [2.45, 2.75) is 19.9 Å². The van der Waals surface area contributed by atoms with Crippen molar-refractivity contribution in [3.63, 3.8) is 0 Å². The van der Waals surface area contributed by atoms with Gasteiger partial charge in [0.2, 0.25) is 5.91 Å². The number of nitrogens with one attached hydrogen (secondary N) is 1. The number of halogens is 1. The van der Waals surface area contributed by atoms with Crippen LogP contribution in [0.5, 0.6) is 0 Å². The minimum Gasteiger partial charge on any atom is -0.459 e. The van der Waals surface area contributed by atoms with Crippen molar-refractivity contribution >= 4 is 17.5 Å². The molecule has 1 aromatic carbocycles. The van der Waals surface area contributed by atoms with Crippen molar-refractivity contribution in [2.24, 2.45) is 0 Å². The molecule has 0 saturated carbocycles. The maximum Gasteiger partial charge on any atom is 0.289 e. The molecule has 1 aromatic heterocycles. The number of rotatable bonds is 4. The Morgan fingerprint density at radius 1 is 1.19 bits per heavy atom. The second-order valence-electron chi connectivity index (χ2n) is 6.43. The first-order chi connectivity index (χ1) is 12.5. The summed E-state index contributed by atoms with van der Waals surface area (Å²) in [6, 6.07) is 7.59. The minimum absolute atomic E-state index is 0.137. The van der Waals surface area contributed by atoms with E-state index in [-0.39, 0.29) is 23.7 Å². The third-order valence-electron chi connectivity index (χ3n) is 4.70. The van der Waals surface area contributed by atoms with Crippen LogP contribution in [0.4, 0.5) is 10.1 Å². The monoisotopic (exact) mass is 359 g/mol. The number of furan rings is 1. The zero-order valence-electron chi connectivity index (χ0n) is 14.9. The molecule has 1 fully saturated rings. The highest BCUT2D eigenvalue weighted by Crippen LogP contribution is 2.16. The molecule has 1 aliphatic rings. The molecule has 26 heavy (non-hydrogen) atoms. The molecule has 7 heteroatoms. The van der Waals surface area contributed by atoms with Gasteiger partial charge in [0.15, 0.2) is 5.76 Å². The number of amides is 2. The number of nitrogens with zero attached hydrogens (tertiary/aromatic N) is 2. The Labute approximate surface area is 151 Å². The zero-order valence-corrected chi connectivity index (χ0v) is 14.9. The van der Waals surface area contributed by atoms with Gasteiger partial charge in [-0.05, 0) is 43.7 Å². The summed E-state index contributed by atoms with van der Waals surface area (Å²) in [6.45, 7) is 5.70. The van der Waals surface area contributed by atoms with Gasteiger partial charge in [0.05, 0.1) is 12.3 Å². The van der Waals surface area contributed by atoms with Crippen LogP contribution in [0.2, 0.25) is 0 Å². The highest BCUT2D eigenvalue weighted by Gasteiger charge is 2.28. The fraction of sp³-hybridized carbons (Fsp3) is 0.368. The largest absolute Gasteiger partial charge is 0.459 e. The van der Waals surface area contributed by atoms with Gasteiger partial charge in [0, 0.05) is 31.9 Å². The maximum absolute atomic E-state index is 13.6. The molecule has 0 radical (unpaired) electrons. The first kappa shape index (κ1) is 18.1. The number of aryl methyl sites for hydroxylation is 1. The number of benzene rings is 1. The molecule has 0 bridgehead atoms. The molecular formula is C19H22FN3O3. The molecule has 2 aromatic rings. The van der Waals surface area contributed by atoms with E-state index >= 15 is 0 Å². The molecule has 0 aliphatic carbocycles. The number of carbonyl (C=O) groups excluding carboxylic acids is 2. The number of hydrogen-bond donors (Lipinski definition) is 1. The fourth-order valence-electron chi connectivity index (χ4n) is 2.95. The standard InChI is InChI=1S/C19H22FN3O3/c1-13-5-6-15(12-16(13)20)21-18(24)14(2)22-7-9-23(10-8-22)19(25)17-4-3-11-26-17/h3-6,11-12,14H,7-10H2,1-2H3,(H,21,24). The van der Waals surface area contributed by atoms with Crippen LogP contribution in [0.15, 0.2) is 41.0 Å². The van der Waals surface area contributed by atoms with E-state index in [0.717, 1.165) is 0 Å². The molecule has 1 atom stereocenters. The summed E-state index contributed by atoms with van der Waals surface area (Å²) in [4.78, 5) is 28.4. The van der Waals surface area contributed by atoms with Gasteiger partial charge in [0.25, 0.3) is 5.91 Å². The molecule has 1 aliphatic heterocycles. The van der Waals surface area contributed by atoms with Gasteiger partial charge < -0.3 is 14.6 Å². The summed E-state index contributed by atoms with van der Waals surface area (Å²) in [5.41, 5.74) is 0.977. The van der Waals surface area contributed by atoms with Crippen molar-refractivity contribution < 1.29 is 18.4 Å². The van der Waals surface area contributed by atoms with E-state index in [1.807, 2.05) is 11.8 Å². The topological polar surface area (TPSA) is 65.8 Å². The SMILES string of the molecule is Cc1ccc(NC(=O)C(C)N2CCN(C(=O)c3ccco3)CC2)cc1F. The van der Waals surface area contributed by atoms with Crippen LogP contribution in [-0.4, -0.2) is 53.8 Å². The molecule has 3 rings (SSSR count). The van der Waals surface area contributed by atoms with Gasteiger partial charge in [-0.15, -0.1) is 0 Å². The van der Waals surface area contributed by atoms with Gasteiger partial charge in [-0.25, -0.2) is 4.39 Å². The average molecular weight is 359 g/mol. The predicted molar refractivity (Wildman–Crippen MR) is 95.4 cm³/mol. The third kappa shape index (κ3) is 3.94. The lowest BCUT2D eigenvalue weighted by atomic mass is 10.2. The fourth-order valence-corrected chi connectivity index (χ4v) is 2.95. The Hall–Kier alpha value is -2.67. The van der Waals surface area contributed by atoms with Gasteiger partial charge in [0.1, 0.15) is 5.82 Å². The van der Waals surface area contributed by atoms with Gasteiger partial charge >= 0.3 is 0 Å². The quantitative estimate of drug-likeness (QED) is 0.911. The summed E-state index contributed by atoms with van der Waals surface area (Å²) in [6.07, 6.45) is 1.48. The molecule has 6 nitrogen and oxygen atoms in total. The molecule has 2 heterocycles. The van der Waals surface area contributed by atoms with Crippen molar-refractivity contribution in [3.8, 4) is 0 Å². The van der Waals surface area contributed by atoms with Crippen molar-refractivity contribution in [1.29, 1.82) is 0 Å².